The van der Waals surface area contributed by atoms with Crippen molar-refractivity contribution in [3.8, 4) is 5.75 Å². The molecule has 0 aromatic heterocycles. The summed E-state index contributed by atoms with van der Waals surface area (Å²) in [6, 6.07) is 15.3. The van der Waals surface area contributed by atoms with Gasteiger partial charge in [-0.3, -0.25) is 14.5 Å². The number of carbonyl (C=O) groups excluding carboxylic acids is 2. The largest absolute Gasteiger partial charge is 0.488 e. The van der Waals surface area contributed by atoms with E-state index in [2.05, 4.69) is 0 Å². The number of para-hydroxylation sites is 1. The third kappa shape index (κ3) is 5.05. The van der Waals surface area contributed by atoms with Crippen LogP contribution in [0, 0.1) is 11.6 Å². The fourth-order valence-corrected chi connectivity index (χ4v) is 4.44. The first-order valence-electron chi connectivity index (χ1n) is 9.68. The molecule has 2 amide bonds. The Kier molecular flexibility index (Phi) is 7.02. The van der Waals surface area contributed by atoms with Gasteiger partial charge in [0.15, 0.2) is 0 Å². The molecular weight excluding hydrogens is 491 g/mol. The van der Waals surface area contributed by atoms with E-state index < -0.39 is 22.8 Å². The highest BCUT2D eigenvalue weighted by molar-refractivity contribution is 8.18. The Morgan fingerprint density at radius 2 is 1.52 bits per heavy atom. The van der Waals surface area contributed by atoms with Crippen molar-refractivity contribution in [3.63, 3.8) is 0 Å². The van der Waals surface area contributed by atoms with Crippen LogP contribution in [0.3, 0.4) is 0 Å². The van der Waals surface area contributed by atoms with Crippen LogP contribution in [0.2, 0.25) is 10.0 Å². The van der Waals surface area contributed by atoms with Gasteiger partial charge in [0.2, 0.25) is 0 Å². The van der Waals surface area contributed by atoms with Crippen LogP contribution >= 0.6 is 35.0 Å². The first-order chi connectivity index (χ1) is 15.8. The van der Waals surface area contributed by atoms with Crippen molar-refractivity contribution in [2.24, 2.45) is 0 Å². The molecule has 1 fully saturated rings. The van der Waals surface area contributed by atoms with Gasteiger partial charge in [-0.05, 0) is 48.2 Å². The molecule has 0 bridgehead atoms. The Balaban J connectivity index is 1.56. The second-order valence-corrected chi connectivity index (χ2v) is 8.80. The van der Waals surface area contributed by atoms with Crippen molar-refractivity contribution in [1.82, 2.24) is 4.90 Å². The highest BCUT2D eigenvalue weighted by Gasteiger charge is 2.36. The van der Waals surface area contributed by atoms with Gasteiger partial charge in [-0.25, -0.2) is 8.78 Å². The smallest absolute Gasteiger partial charge is 0.293 e. The molecule has 1 aliphatic rings. The fraction of sp³-hybridized carbons (Fsp3) is 0.0833. The van der Waals surface area contributed by atoms with Crippen LogP contribution in [-0.2, 0) is 17.9 Å². The summed E-state index contributed by atoms with van der Waals surface area (Å²) in [7, 11) is 0. The number of rotatable bonds is 6. The van der Waals surface area contributed by atoms with Crippen LogP contribution in [0.25, 0.3) is 6.08 Å². The Hall–Kier alpha value is -2.87. The molecule has 3 aromatic rings. The third-order valence-electron chi connectivity index (χ3n) is 4.89. The number of ether oxygens (including phenoxy) is 1. The van der Waals surface area contributed by atoms with Gasteiger partial charge in [-0.1, -0.05) is 53.5 Å². The number of imide groups is 1. The number of hydrogen-bond acceptors (Lipinski definition) is 4. The van der Waals surface area contributed by atoms with Crippen LogP contribution in [0.1, 0.15) is 16.7 Å². The van der Waals surface area contributed by atoms with Crippen molar-refractivity contribution in [2.75, 3.05) is 0 Å². The molecule has 4 nitrogen and oxygen atoms in total. The van der Waals surface area contributed by atoms with Crippen molar-refractivity contribution in [1.29, 1.82) is 0 Å². The van der Waals surface area contributed by atoms with Crippen LogP contribution in [-0.4, -0.2) is 16.0 Å². The van der Waals surface area contributed by atoms with E-state index in [9.17, 15) is 18.4 Å². The van der Waals surface area contributed by atoms with Gasteiger partial charge in [0.05, 0.1) is 16.5 Å². The quantitative estimate of drug-likeness (QED) is 0.335. The van der Waals surface area contributed by atoms with E-state index in [0.717, 1.165) is 16.7 Å². The zero-order valence-corrected chi connectivity index (χ0v) is 19.2. The Labute approximate surface area is 202 Å². The minimum absolute atomic E-state index is 0.0632. The van der Waals surface area contributed by atoms with E-state index in [4.69, 9.17) is 27.9 Å². The van der Waals surface area contributed by atoms with Crippen LogP contribution < -0.4 is 4.74 Å². The predicted octanol–water partition coefficient (Wildman–Crippen LogP) is 7.09. The molecule has 0 saturated carbocycles. The molecule has 33 heavy (non-hydrogen) atoms. The summed E-state index contributed by atoms with van der Waals surface area (Å²) in [4.78, 5) is 26.4. The average Bonchev–Trinajstić information content (AvgIpc) is 3.04. The first kappa shape index (κ1) is 23.3. The number of benzene rings is 3. The normalized spacial score (nSPS) is 14.9. The fourth-order valence-electron chi connectivity index (χ4n) is 3.17. The zero-order chi connectivity index (χ0) is 23.5. The van der Waals surface area contributed by atoms with Gasteiger partial charge in [-0.15, -0.1) is 0 Å². The number of thioether (sulfide) groups is 1. The van der Waals surface area contributed by atoms with Gasteiger partial charge in [0, 0.05) is 21.7 Å². The molecule has 3 aromatic carbocycles. The maximum absolute atomic E-state index is 14.1. The highest BCUT2D eigenvalue weighted by Crippen LogP contribution is 2.36. The monoisotopic (exact) mass is 505 g/mol. The lowest BCUT2D eigenvalue weighted by Crippen LogP contribution is -2.28. The van der Waals surface area contributed by atoms with Crippen molar-refractivity contribution < 1.29 is 23.1 Å². The Bertz CT molecular complexity index is 1240. The predicted molar refractivity (Wildman–Crippen MR) is 125 cm³/mol. The topological polar surface area (TPSA) is 46.6 Å². The summed E-state index contributed by atoms with van der Waals surface area (Å²) in [5.41, 5.74) is 0.781. The van der Waals surface area contributed by atoms with Gasteiger partial charge >= 0.3 is 0 Å². The number of amides is 2. The number of carbonyl (C=O) groups is 2. The second kappa shape index (κ2) is 9.95. The van der Waals surface area contributed by atoms with E-state index in [1.165, 1.54) is 36.4 Å². The maximum Gasteiger partial charge on any atom is 0.293 e. The lowest BCUT2D eigenvalue weighted by Gasteiger charge is -2.14. The number of halogens is 4. The molecule has 0 atom stereocenters. The van der Waals surface area contributed by atoms with Gasteiger partial charge < -0.3 is 4.74 Å². The number of hydrogen-bond donors (Lipinski definition) is 0. The van der Waals surface area contributed by atoms with Crippen LogP contribution in [0.5, 0.6) is 5.75 Å². The van der Waals surface area contributed by atoms with E-state index >= 15 is 0 Å². The molecule has 0 N–H and O–H groups in total. The molecule has 9 heteroatoms. The third-order valence-corrected chi connectivity index (χ3v) is 6.51. The average molecular weight is 506 g/mol. The summed E-state index contributed by atoms with van der Waals surface area (Å²) in [5, 5.41) is -0.175. The summed E-state index contributed by atoms with van der Waals surface area (Å²) in [6.45, 7) is -0.402. The number of nitrogens with zero attached hydrogens (tertiary/aromatic N) is 1. The van der Waals surface area contributed by atoms with E-state index in [0.29, 0.717) is 11.3 Å². The highest BCUT2D eigenvalue weighted by atomic mass is 35.5. The van der Waals surface area contributed by atoms with Crippen LogP contribution in [0.4, 0.5) is 13.6 Å². The SMILES string of the molecule is O=C1S/C(=C\c2ccccc2OCc2c(F)cccc2Cl)C(=O)N1Cc1c(F)cccc1Cl. The molecule has 4 rings (SSSR count). The van der Waals surface area contributed by atoms with Crippen molar-refractivity contribution >= 4 is 52.2 Å². The first-order valence-corrected chi connectivity index (χ1v) is 11.3. The minimum atomic E-state index is -0.601. The van der Waals surface area contributed by atoms with E-state index in [-0.39, 0.29) is 39.2 Å². The van der Waals surface area contributed by atoms with Crippen LogP contribution in [0.15, 0.2) is 65.6 Å². The second-order valence-electron chi connectivity index (χ2n) is 6.99. The molecule has 168 valence electrons. The lowest BCUT2D eigenvalue weighted by atomic mass is 10.1. The summed E-state index contributed by atoms with van der Waals surface area (Å²) in [5.74, 6) is -1.29. The summed E-state index contributed by atoms with van der Waals surface area (Å²) >= 11 is 12.8. The lowest BCUT2D eigenvalue weighted by molar-refractivity contribution is -0.123. The molecular formula is C24H15Cl2F2NO3S. The Morgan fingerprint density at radius 1 is 0.879 bits per heavy atom. The zero-order valence-electron chi connectivity index (χ0n) is 16.9. The molecule has 1 saturated heterocycles. The van der Waals surface area contributed by atoms with Gasteiger partial charge in [-0.2, -0.15) is 0 Å². The maximum atomic E-state index is 14.1. The molecule has 1 aliphatic heterocycles. The van der Waals surface area contributed by atoms with Gasteiger partial charge in [0.1, 0.15) is 24.0 Å². The Morgan fingerprint density at radius 3 is 2.18 bits per heavy atom. The minimum Gasteiger partial charge on any atom is -0.488 e. The summed E-state index contributed by atoms with van der Waals surface area (Å²) < 4.78 is 33.9. The molecule has 0 spiro atoms. The summed E-state index contributed by atoms with van der Waals surface area (Å²) in [6.07, 6.45) is 1.51. The molecule has 0 aliphatic carbocycles. The van der Waals surface area contributed by atoms with Gasteiger partial charge in [0.25, 0.3) is 11.1 Å². The molecule has 0 radical (unpaired) electrons. The molecule has 0 unspecified atom stereocenters. The standard InChI is InChI=1S/C24H15Cl2F2NO3S/c25-17-6-3-8-19(27)15(17)12-29-23(30)22(33-24(29)31)11-14-5-1-2-10-21(14)32-13-16-18(26)7-4-9-20(16)28/h1-11H,12-13H2/b22-11-. The van der Waals surface area contributed by atoms with Crippen molar-refractivity contribution in [2.45, 2.75) is 13.2 Å². The molecule has 1 heterocycles. The van der Waals surface area contributed by atoms with E-state index in [1.54, 1.807) is 30.3 Å². The van der Waals surface area contributed by atoms with Crippen molar-refractivity contribution in [3.05, 3.63) is 104 Å². The van der Waals surface area contributed by atoms with E-state index in [1.807, 2.05) is 0 Å².